The first kappa shape index (κ1) is 10.5. The van der Waals surface area contributed by atoms with Crippen LogP contribution in [0.2, 0.25) is 0 Å². The fourth-order valence-electron chi connectivity index (χ4n) is 1.35. The second-order valence-corrected chi connectivity index (χ2v) is 3.20. The Bertz CT molecular complexity index is 414. The minimum Gasteiger partial charge on any atom is -0.297 e. The highest BCUT2D eigenvalue weighted by molar-refractivity contribution is 5.01. The third-order valence-corrected chi connectivity index (χ3v) is 2.00. The van der Waals surface area contributed by atoms with Crippen molar-refractivity contribution in [3.63, 3.8) is 0 Å². The highest BCUT2D eigenvalue weighted by Crippen LogP contribution is 1.96. The monoisotopic (exact) mass is 191 g/mol. The zero-order valence-electron chi connectivity index (χ0n) is 8.45. The molecule has 1 aromatic heterocycles. The molecule has 0 saturated carbocycles. The van der Waals surface area contributed by atoms with Gasteiger partial charge in [0.15, 0.2) is 0 Å². The molecule has 4 heteroatoms. The lowest BCUT2D eigenvalue weighted by molar-refractivity contribution is 0.597. The summed E-state index contributed by atoms with van der Waals surface area (Å²) < 4.78 is 1.60. The van der Waals surface area contributed by atoms with Gasteiger partial charge in [-0.3, -0.25) is 9.36 Å². The molecular formula is C10H13N3O. The molecule has 0 unspecified atom stereocenters. The summed E-state index contributed by atoms with van der Waals surface area (Å²) in [7, 11) is 0. The van der Waals surface area contributed by atoms with Crippen molar-refractivity contribution in [3.8, 4) is 6.07 Å². The smallest absolute Gasteiger partial charge is 0.253 e. The Morgan fingerprint density at radius 2 is 2.29 bits per heavy atom. The minimum atomic E-state index is -0.0343. The molecule has 0 amide bonds. The average molecular weight is 191 g/mol. The summed E-state index contributed by atoms with van der Waals surface area (Å²) in [5, 5.41) is 8.37. The zero-order valence-corrected chi connectivity index (χ0v) is 8.45. The first-order valence-electron chi connectivity index (χ1n) is 4.57. The molecule has 74 valence electrons. The molecule has 0 saturated heterocycles. The topological polar surface area (TPSA) is 58.7 Å². The number of rotatable bonds is 3. The molecule has 0 atom stereocenters. The van der Waals surface area contributed by atoms with E-state index < -0.39 is 0 Å². The van der Waals surface area contributed by atoms with Crippen LogP contribution in [0.4, 0.5) is 0 Å². The maximum atomic E-state index is 11.5. The van der Waals surface area contributed by atoms with Crippen LogP contribution >= 0.6 is 0 Å². The van der Waals surface area contributed by atoms with Gasteiger partial charge in [-0.25, -0.2) is 4.98 Å². The Balaban J connectivity index is 2.87. The zero-order chi connectivity index (χ0) is 10.6. The number of unbranched alkanes of at least 4 members (excludes halogenated alkanes) is 1. The highest BCUT2D eigenvalue weighted by atomic mass is 16.1. The molecule has 4 nitrogen and oxygen atoms in total. The van der Waals surface area contributed by atoms with Crippen molar-refractivity contribution in [2.45, 2.75) is 33.2 Å². The highest BCUT2D eigenvalue weighted by Gasteiger charge is 2.01. The van der Waals surface area contributed by atoms with Gasteiger partial charge in [-0.15, -0.1) is 0 Å². The summed E-state index contributed by atoms with van der Waals surface area (Å²) in [4.78, 5) is 15.7. The van der Waals surface area contributed by atoms with E-state index >= 15 is 0 Å². The number of aryl methyl sites for hydroxylation is 2. The SMILES string of the molecule is Cc1cc(=O)n(CCCC#N)c(C)n1. The van der Waals surface area contributed by atoms with Gasteiger partial charge in [0.2, 0.25) is 0 Å². The van der Waals surface area contributed by atoms with E-state index in [1.807, 2.05) is 0 Å². The Morgan fingerprint density at radius 1 is 1.57 bits per heavy atom. The van der Waals surface area contributed by atoms with Crippen molar-refractivity contribution in [1.29, 1.82) is 5.26 Å². The van der Waals surface area contributed by atoms with Gasteiger partial charge in [0.1, 0.15) is 5.82 Å². The average Bonchev–Trinajstić information content (AvgIpc) is 2.09. The fourth-order valence-corrected chi connectivity index (χ4v) is 1.35. The molecule has 1 aromatic rings. The van der Waals surface area contributed by atoms with Crippen molar-refractivity contribution in [1.82, 2.24) is 9.55 Å². The van der Waals surface area contributed by atoms with Crippen LogP contribution < -0.4 is 5.56 Å². The van der Waals surface area contributed by atoms with Crippen LogP contribution in [-0.4, -0.2) is 9.55 Å². The number of hydrogen-bond donors (Lipinski definition) is 0. The third-order valence-electron chi connectivity index (χ3n) is 2.00. The van der Waals surface area contributed by atoms with Crippen LogP contribution in [0.3, 0.4) is 0 Å². The summed E-state index contributed by atoms with van der Waals surface area (Å²) in [5.74, 6) is 0.716. The summed E-state index contributed by atoms with van der Waals surface area (Å²) in [5.41, 5.74) is 0.706. The molecule has 0 aromatic carbocycles. The van der Waals surface area contributed by atoms with Gasteiger partial charge in [-0.1, -0.05) is 0 Å². The molecule has 0 radical (unpaired) electrons. The lowest BCUT2D eigenvalue weighted by Gasteiger charge is -2.07. The van der Waals surface area contributed by atoms with Crippen molar-refractivity contribution in [2.24, 2.45) is 0 Å². The van der Waals surface area contributed by atoms with Crippen molar-refractivity contribution in [2.75, 3.05) is 0 Å². The Morgan fingerprint density at radius 3 is 2.86 bits per heavy atom. The molecule has 0 bridgehead atoms. The molecule has 0 aliphatic rings. The molecule has 0 aliphatic carbocycles. The van der Waals surface area contributed by atoms with Gasteiger partial charge in [0.25, 0.3) is 5.56 Å². The maximum absolute atomic E-state index is 11.5. The van der Waals surface area contributed by atoms with Crippen molar-refractivity contribution < 1.29 is 0 Å². The largest absolute Gasteiger partial charge is 0.297 e. The standard InChI is InChI=1S/C10H13N3O/c1-8-7-10(14)13(9(2)12-8)6-4-3-5-11/h7H,3-4,6H2,1-2H3. The molecular weight excluding hydrogens is 178 g/mol. The number of nitrogens with zero attached hydrogens (tertiary/aromatic N) is 3. The molecule has 14 heavy (non-hydrogen) atoms. The summed E-state index contributed by atoms with van der Waals surface area (Å²) >= 11 is 0. The second-order valence-electron chi connectivity index (χ2n) is 3.20. The molecule has 1 rings (SSSR count). The van der Waals surface area contributed by atoms with E-state index in [0.717, 1.165) is 5.69 Å². The first-order valence-corrected chi connectivity index (χ1v) is 4.57. The van der Waals surface area contributed by atoms with E-state index in [4.69, 9.17) is 5.26 Å². The summed E-state index contributed by atoms with van der Waals surface area (Å²) in [6, 6.07) is 3.57. The molecule has 0 spiro atoms. The predicted octanol–water partition coefficient (Wildman–Crippen LogP) is 1.16. The lowest BCUT2D eigenvalue weighted by atomic mass is 10.3. The van der Waals surface area contributed by atoms with Crippen LogP contribution in [0.5, 0.6) is 0 Å². The van der Waals surface area contributed by atoms with E-state index in [9.17, 15) is 4.79 Å². The van der Waals surface area contributed by atoms with Gasteiger partial charge in [-0.05, 0) is 20.3 Å². The van der Waals surface area contributed by atoms with Crippen LogP contribution in [0, 0.1) is 25.2 Å². The van der Waals surface area contributed by atoms with Crippen LogP contribution in [0.15, 0.2) is 10.9 Å². The first-order chi connectivity index (χ1) is 6.65. The number of aromatic nitrogens is 2. The van der Waals surface area contributed by atoms with Crippen LogP contribution in [-0.2, 0) is 6.54 Å². The second kappa shape index (κ2) is 4.56. The van der Waals surface area contributed by atoms with E-state index in [1.54, 1.807) is 18.4 Å². The molecule has 0 aliphatic heterocycles. The quantitative estimate of drug-likeness (QED) is 0.674. The van der Waals surface area contributed by atoms with Gasteiger partial charge in [0.05, 0.1) is 6.07 Å². The predicted molar refractivity (Wildman–Crippen MR) is 52.8 cm³/mol. The summed E-state index contributed by atoms with van der Waals surface area (Å²) in [6.07, 6.45) is 1.17. The van der Waals surface area contributed by atoms with Gasteiger partial charge >= 0.3 is 0 Å². The van der Waals surface area contributed by atoms with Gasteiger partial charge in [-0.2, -0.15) is 5.26 Å². The van der Waals surface area contributed by atoms with Crippen molar-refractivity contribution >= 4 is 0 Å². The van der Waals surface area contributed by atoms with E-state index in [-0.39, 0.29) is 5.56 Å². The summed E-state index contributed by atoms with van der Waals surface area (Å²) in [6.45, 7) is 4.18. The minimum absolute atomic E-state index is 0.0343. The number of hydrogen-bond acceptors (Lipinski definition) is 3. The maximum Gasteiger partial charge on any atom is 0.253 e. The Hall–Kier alpha value is -1.63. The van der Waals surface area contributed by atoms with Gasteiger partial charge < -0.3 is 0 Å². The van der Waals surface area contributed by atoms with Crippen molar-refractivity contribution in [3.05, 3.63) is 27.9 Å². The molecule has 0 N–H and O–H groups in total. The van der Waals surface area contributed by atoms with E-state index in [0.29, 0.717) is 25.2 Å². The van der Waals surface area contributed by atoms with Gasteiger partial charge in [0, 0.05) is 24.7 Å². The molecule has 1 heterocycles. The Kier molecular flexibility index (Phi) is 3.41. The normalized spacial score (nSPS) is 9.79. The van der Waals surface area contributed by atoms with E-state index in [1.165, 1.54) is 6.07 Å². The third kappa shape index (κ3) is 2.43. The molecule has 0 fully saturated rings. The number of nitriles is 1. The van der Waals surface area contributed by atoms with Crippen LogP contribution in [0.25, 0.3) is 0 Å². The Labute approximate surface area is 82.8 Å². The lowest BCUT2D eigenvalue weighted by Crippen LogP contribution is -2.23. The fraction of sp³-hybridized carbons (Fsp3) is 0.500. The van der Waals surface area contributed by atoms with E-state index in [2.05, 4.69) is 11.1 Å². The van der Waals surface area contributed by atoms with Crippen LogP contribution in [0.1, 0.15) is 24.4 Å².